The molecule has 3 aliphatic rings. The third-order valence-electron chi connectivity index (χ3n) is 5.33. The standard InChI is InChI=1S/C16H18F2N2O/c17-11-3-4-12(13(18)7-11)16-19-8-15(21)20(16)14-6-9-1-2-10(14)5-9/h3-4,7,9-10,14,16,19H,1-2,5-6,8H2. The molecule has 4 unspecified atom stereocenters. The highest BCUT2D eigenvalue weighted by molar-refractivity contribution is 5.81. The van der Waals surface area contributed by atoms with Crippen LogP contribution in [0.4, 0.5) is 8.78 Å². The van der Waals surface area contributed by atoms with Crippen LogP contribution in [0.25, 0.3) is 0 Å². The lowest BCUT2D eigenvalue weighted by atomic mass is 9.93. The van der Waals surface area contributed by atoms with E-state index in [1.165, 1.54) is 25.0 Å². The summed E-state index contributed by atoms with van der Waals surface area (Å²) in [6, 6.07) is 3.79. The first kappa shape index (κ1) is 13.2. The van der Waals surface area contributed by atoms with Crippen LogP contribution < -0.4 is 5.32 Å². The van der Waals surface area contributed by atoms with E-state index >= 15 is 0 Å². The van der Waals surface area contributed by atoms with Gasteiger partial charge in [0.2, 0.25) is 5.91 Å². The van der Waals surface area contributed by atoms with Crippen molar-refractivity contribution in [3.8, 4) is 0 Å². The zero-order chi connectivity index (χ0) is 14.6. The van der Waals surface area contributed by atoms with Gasteiger partial charge in [-0.25, -0.2) is 8.78 Å². The summed E-state index contributed by atoms with van der Waals surface area (Å²) in [6.07, 6.45) is 4.18. The van der Waals surface area contributed by atoms with Crippen molar-refractivity contribution < 1.29 is 13.6 Å². The normalized spacial score (nSPS) is 35.0. The monoisotopic (exact) mass is 292 g/mol. The highest BCUT2D eigenvalue weighted by Gasteiger charge is 2.48. The van der Waals surface area contributed by atoms with Crippen molar-refractivity contribution in [1.82, 2.24) is 10.2 Å². The first-order valence-electron chi connectivity index (χ1n) is 7.63. The quantitative estimate of drug-likeness (QED) is 0.908. The maximum Gasteiger partial charge on any atom is 0.238 e. The predicted molar refractivity (Wildman–Crippen MR) is 73.2 cm³/mol. The van der Waals surface area contributed by atoms with Crippen molar-refractivity contribution >= 4 is 5.91 Å². The molecule has 1 saturated heterocycles. The fourth-order valence-corrected chi connectivity index (χ4v) is 4.43. The summed E-state index contributed by atoms with van der Waals surface area (Å²) in [6.45, 7) is 0.232. The highest BCUT2D eigenvalue weighted by Crippen LogP contribution is 2.48. The van der Waals surface area contributed by atoms with Crippen molar-refractivity contribution in [2.24, 2.45) is 11.8 Å². The number of nitrogens with one attached hydrogen (secondary N) is 1. The molecule has 5 heteroatoms. The van der Waals surface area contributed by atoms with E-state index in [-0.39, 0.29) is 18.5 Å². The molecule has 1 heterocycles. The van der Waals surface area contributed by atoms with Crippen LogP contribution in [-0.4, -0.2) is 23.4 Å². The molecule has 2 saturated carbocycles. The summed E-state index contributed by atoms with van der Waals surface area (Å²) >= 11 is 0. The Hall–Kier alpha value is -1.49. The van der Waals surface area contributed by atoms with Gasteiger partial charge in [0.25, 0.3) is 0 Å². The van der Waals surface area contributed by atoms with E-state index in [9.17, 15) is 13.6 Å². The minimum absolute atomic E-state index is 0.0290. The van der Waals surface area contributed by atoms with E-state index in [2.05, 4.69) is 5.32 Å². The van der Waals surface area contributed by atoms with Gasteiger partial charge in [0.05, 0.1) is 6.54 Å². The van der Waals surface area contributed by atoms with Gasteiger partial charge < -0.3 is 4.90 Å². The van der Waals surface area contributed by atoms with Crippen molar-refractivity contribution in [2.75, 3.05) is 6.54 Å². The Morgan fingerprint density at radius 2 is 2.05 bits per heavy atom. The number of halogens is 2. The van der Waals surface area contributed by atoms with Crippen LogP contribution in [0.2, 0.25) is 0 Å². The molecule has 0 spiro atoms. The van der Waals surface area contributed by atoms with Gasteiger partial charge in [0, 0.05) is 17.7 Å². The molecule has 21 heavy (non-hydrogen) atoms. The Morgan fingerprint density at radius 3 is 2.71 bits per heavy atom. The van der Waals surface area contributed by atoms with Crippen LogP contribution in [0, 0.1) is 23.5 Å². The van der Waals surface area contributed by atoms with E-state index in [0.717, 1.165) is 18.9 Å². The van der Waals surface area contributed by atoms with E-state index < -0.39 is 17.8 Å². The number of carbonyl (C=O) groups excluding carboxylic acids is 1. The van der Waals surface area contributed by atoms with Crippen LogP contribution in [-0.2, 0) is 4.79 Å². The van der Waals surface area contributed by atoms with E-state index in [0.29, 0.717) is 17.4 Å². The molecule has 1 N–H and O–H groups in total. The van der Waals surface area contributed by atoms with Gasteiger partial charge in [-0.15, -0.1) is 0 Å². The van der Waals surface area contributed by atoms with Crippen LogP contribution in [0.3, 0.4) is 0 Å². The number of nitrogens with zero attached hydrogens (tertiary/aromatic N) is 1. The molecule has 4 atom stereocenters. The molecule has 3 nitrogen and oxygen atoms in total. The second-order valence-corrected chi connectivity index (χ2v) is 6.49. The molecular weight excluding hydrogens is 274 g/mol. The summed E-state index contributed by atoms with van der Waals surface area (Å²) in [7, 11) is 0. The Labute approximate surface area is 122 Å². The first-order valence-corrected chi connectivity index (χ1v) is 7.63. The Kier molecular flexibility index (Phi) is 2.99. The van der Waals surface area contributed by atoms with Gasteiger partial charge in [-0.3, -0.25) is 10.1 Å². The van der Waals surface area contributed by atoms with Gasteiger partial charge in [-0.1, -0.05) is 6.42 Å². The van der Waals surface area contributed by atoms with Gasteiger partial charge in [-0.2, -0.15) is 0 Å². The first-order chi connectivity index (χ1) is 10.1. The van der Waals surface area contributed by atoms with E-state index in [1.54, 1.807) is 0 Å². The SMILES string of the molecule is O=C1CNC(c2ccc(F)cc2F)N1C1CC2CCC1C2. The van der Waals surface area contributed by atoms with Crippen LogP contribution in [0.1, 0.15) is 37.4 Å². The number of carbonyl (C=O) groups is 1. The van der Waals surface area contributed by atoms with Gasteiger partial charge in [-0.05, 0) is 43.2 Å². The summed E-state index contributed by atoms with van der Waals surface area (Å²) in [5.41, 5.74) is 0.366. The molecule has 0 aromatic heterocycles. The molecule has 0 radical (unpaired) electrons. The van der Waals surface area contributed by atoms with Crippen molar-refractivity contribution in [3.05, 3.63) is 35.4 Å². The average molecular weight is 292 g/mol. The minimum atomic E-state index is -0.591. The maximum atomic E-state index is 14.1. The van der Waals surface area contributed by atoms with Crippen LogP contribution in [0.5, 0.6) is 0 Å². The molecule has 1 aromatic rings. The lowest BCUT2D eigenvalue weighted by Gasteiger charge is -2.35. The number of amides is 1. The number of benzene rings is 1. The summed E-state index contributed by atoms with van der Waals surface area (Å²) in [5.74, 6) is 0.112. The van der Waals surface area contributed by atoms with Crippen LogP contribution in [0.15, 0.2) is 18.2 Å². The molecule has 2 bridgehead atoms. The van der Waals surface area contributed by atoms with Gasteiger partial charge in [0.1, 0.15) is 17.8 Å². The van der Waals surface area contributed by atoms with Crippen molar-refractivity contribution in [1.29, 1.82) is 0 Å². The number of rotatable bonds is 2. The average Bonchev–Trinajstić information content (AvgIpc) is 3.13. The summed E-state index contributed by atoms with van der Waals surface area (Å²) < 4.78 is 27.2. The molecule has 1 aromatic carbocycles. The topological polar surface area (TPSA) is 32.3 Å². The third-order valence-corrected chi connectivity index (χ3v) is 5.33. The largest absolute Gasteiger partial charge is 0.318 e. The molecule has 2 aliphatic carbocycles. The predicted octanol–water partition coefficient (Wildman–Crippen LogP) is 2.58. The second-order valence-electron chi connectivity index (χ2n) is 6.49. The molecule has 112 valence electrons. The zero-order valence-electron chi connectivity index (χ0n) is 11.7. The van der Waals surface area contributed by atoms with Crippen LogP contribution >= 0.6 is 0 Å². The van der Waals surface area contributed by atoms with Gasteiger partial charge in [0.15, 0.2) is 0 Å². The Balaban J connectivity index is 1.66. The van der Waals surface area contributed by atoms with Crippen molar-refractivity contribution in [2.45, 2.75) is 37.9 Å². The maximum absolute atomic E-state index is 14.1. The van der Waals surface area contributed by atoms with Gasteiger partial charge >= 0.3 is 0 Å². The second kappa shape index (κ2) is 4.77. The lowest BCUT2D eigenvalue weighted by Crippen LogP contribution is -2.42. The molecule has 4 rings (SSSR count). The smallest absolute Gasteiger partial charge is 0.238 e. The van der Waals surface area contributed by atoms with E-state index in [1.807, 2.05) is 4.90 Å². The number of hydrogen-bond acceptors (Lipinski definition) is 2. The molecule has 1 amide bonds. The number of fused-ring (bicyclic) bond motifs is 2. The summed E-state index contributed by atoms with van der Waals surface area (Å²) in [4.78, 5) is 14.1. The minimum Gasteiger partial charge on any atom is -0.318 e. The summed E-state index contributed by atoms with van der Waals surface area (Å²) in [5, 5.41) is 3.08. The number of hydrogen-bond donors (Lipinski definition) is 1. The molecule has 1 aliphatic heterocycles. The third kappa shape index (κ3) is 2.06. The lowest BCUT2D eigenvalue weighted by molar-refractivity contribution is -0.131. The van der Waals surface area contributed by atoms with E-state index in [4.69, 9.17) is 0 Å². The molecular formula is C16H18F2N2O. The zero-order valence-corrected chi connectivity index (χ0v) is 11.7. The fraction of sp³-hybridized carbons (Fsp3) is 0.562. The van der Waals surface area contributed by atoms with Crippen molar-refractivity contribution in [3.63, 3.8) is 0 Å². The molecule has 3 fully saturated rings. The Bertz CT molecular complexity index is 592. The highest BCUT2D eigenvalue weighted by atomic mass is 19.1. The Morgan fingerprint density at radius 1 is 1.19 bits per heavy atom. The fourth-order valence-electron chi connectivity index (χ4n) is 4.43.